The lowest BCUT2D eigenvalue weighted by Gasteiger charge is -2.28. The Kier molecular flexibility index (Phi) is 6.94. The maximum atomic E-state index is 3.69. The fourth-order valence-corrected chi connectivity index (χ4v) is 3.73. The Morgan fingerprint density at radius 2 is 1.89 bits per heavy atom. The van der Waals surface area contributed by atoms with Gasteiger partial charge >= 0.3 is 0 Å². The van der Waals surface area contributed by atoms with Crippen LogP contribution in [-0.2, 0) is 6.42 Å². The highest BCUT2D eigenvalue weighted by atomic mass is 79.9. The summed E-state index contributed by atoms with van der Waals surface area (Å²) in [5.74, 6) is 0. The molecule has 1 saturated heterocycles. The monoisotopic (exact) mass is 323 g/mol. The number of halogens is 1. The summed E-state index contributed by atoms with van der Waals surface area (Å²) in [6.45, 7) is 2.59. The second kappa shape index (κ2) is 8.76. The van der Waals surface area contributed by atoms with Crippen LogP contribution in [0.25, 0.3) is 0 Å². The molecule has 1 unspecified atom stereocenters. The van der Waals surface area contributed by atoms with E-state index in [1.807, 2.05) is 0 Å². The smallest absolute Gasteiger partial charge is 0.0192 e. The lowest BCUT2D eigenvalue weighted by molar-refractivity contribution is 0.214. The summed E-state index contributed by atoms with van der Waals surface area (Å²) in [6.07, 6.45) is 9.48. The van der Waals surface area contributed by atoms with Gasteiger partial charge in [0.05, 0.1) is 0 Å². The fourth-order valence-electron chi connectivity index (χ4n) is 2.99. The molecule has 1 heterocycles. The summed E-state index contributed by atoms with van der Waals surface area (Å²) in [4.78, 5) is 2.72. The molecule has 0 spiro atoms. The average molecular weight is 324 g/mol. The first-order valence-electron chi connectivity index (χ1n) is 7.74. The predicted octanol–water partition coefficient (Wildman–Crippen LogP) is 4.65. The number of likely N-dealkylation sites (tertiary alicyclic amines) is 1. The molecule has 0 radical (unpaired) electrons. The van der Waals surface area contributed by atoms with Crippen LogP contribution < -0.4 is 0 Å². The van der Waals surface area contributed by atoms with Gasteiger partial charge in [0.1, 0.15) is 0 Å². The van der Waals surface area contributed by atoms with Crippen LogP contribution in [-0.4, -0.2) is 29.4 Å². The van der Waals surface area contributed by atoms with Gasteiger partial charge in [-0.15, -0.1) is 0 Å². The van der Waals surface area contributed by atoms with E-state index < -0.39 is 0 Å². The Bertz CT molecular complexity index is 338. The van der Waals surface area contributed by atoms with Gasteiger partial charge in [-0.1, -0.05) is 59.1 Å². The van der Waals surface area contributed by atoms with Crippen molar-refractivity contribution < 1.29 is 0 Å². The molecule has 1 aromatic rings. The van der Waals surface area contributed by atoms with Crippen molar-refractivity contribution in [1.29, 1.82) is 0 Å². The molecule has 2 rings (SSSR count). The van der Waals surface area contributed by atoms with Crippen LogP contribution in [0.15, 0.2) is 30.3 Å². The van der Waals surface area contributed by atoms with Crippen LogP contribution in [0.1, 0.15) is 44.1 Å². The van der Waals surface area contributed by atoms with Gasteiger partial charge < -0.3 is 0 Å². The van der Waals surface area contributed by atoms with Gasteiger partial charge in [-0.25, -0.2) is 0 Å². The zero-order valence-electron chi connectivity index (χ0n) is 11.9. The fraction of sp³-hybridized carbons (Fsp3) is 0.647. The van der Waals surface area contributed by atoms with E-state index in [0.29, 0.717) is 0 Å². The third-order valence-electron chi connectivity index (χ3n) is 4.18. The zero-order chi connectivity index (χ0) is 13.3. The van der Waals surface area contributed by atoms with Crippen molar-refractivity contribution >= 4 is 15.9 Å². The van der Waals surface area contributed by atoms with Crippen molar-refractivity contribution in [2.45, 2.75) is 51.0 Å². The molecule has 1 aliphatic heterocycles. The molecule has 0 aliphatic carbocycles. The van der Waals surface area contributed by atoms with Crippen LogP contribution in [0, 0.1) is 0 Å². The van der Waals surface area contributed by atoms with E-state index in [4.69, 9.17) is 0 Å². The summed E-state index contributed by atoms with van der Waals surface area (Å²) < 4.78 is 0. The van der Waals surface area contributed by atoms with Crippen LogP contribution in [0.2, 0.25) is 0 Å². The third kappa shape index (κ3) is 5.27. The Morgan fingerprint density at radius 3 is 2.68 bits per heavy atom. The SMILES string of the molecule is BrCC1CCCCCN1CCCCc1ccccc1. The van der Waals surface area contributed by atoms with Crippen molar-refractivity contribution in [3.8, 4) is 0 Å². The molecule has 1 aliphatic rings. The number of alkyl halides is 1. The van der Waals surface area contributed by atoms with Gasteiger partial charge in [0.15, 0.2) is 0 Å². The molecule has 1 fully saturated rings. The summed E-state index contributed by atoms with van der Waals surface area (Å²) >= 11 is 3.69. The molecule has 2 heteroatoms. The van der Waals surface area contributed by atoms with Crippen molar-refractivity contribution in [3.05, 3.63) is 35.9 Å². The molecule has 106 valence electrons. The largest absolute Gasteiger partial charge is 0.300 e. The Morgan fingerprint density at radius 1 is 1.05 bits per heavy atom. The van der Waals surface area contributed by atoms with Crippen LogP contribution >= 0.6 is 15.9 Å². The van der Waals surface area contributed by atoms with Crippen molar-refractivity contribution in [1.82, 2.24) is 4.90 Å². The number of benzene rings is 1. The van der Waals surface area contributed by atoms with E-state index in [1.165, 1.54) is 63.6 Å². The van der Waals surface area contributed by atoms with Crippen molar-refractivity contribution in [2.24, 2.45) is 0 Å². The quantitative estimate of drug-likeness (QED) is 0.544. The summed E-state index contributed by atoms with van der Waals surface area (Å²) in [6, 6.07) is 11.6. The van der Waals surface area contributed by atoms with Gasteiger partial charge in [-0.05, 0) is 50.8 Å². The molecule has 1 aromatic carbocycles. The summed E-state index contributed by atoms with van der Waals surface area (Å²) in [5.41, 5.74) is 1.48. The van der Waals surface area contributed by atoms with Gasteiger partial charge in [0.25, 0.3) is 0 Å². The minimum atomic E-state index is 0.777. The Hall–Kier alpha value is -0.340. The molecule has 1 nitrogen and oxygen atoms in total. The Labute approximate surface area is 126 Å². The lowest BCUT2D eigenvalue weighted by Crippen LogP contribution is -2.36. The van der Waals surface area contributed by atoms with E-state index in [9.17, 15) is 0 Å². The number of rotatable bonds is 6. The summed E-state index contributed by atoms with van der Waals surface area (Å²) in [5, 5.41) is 1.14. The molecule has 0 bridgehead atoms. The van der Waals surface area contributed by atoms with E-state index in [0.717, 1.165) is 11.4 Å². The molecule has 0 amide bonds. The topological polar surface area (TPSA) is 3.24 Å². The molecule has 0 N–H and O–H groups in total. The highest BCUT2D eigenvalue weighted by molar-refractivity contribution is 9.09. The van der Waals surface area contributed by atoms with E-state index in [1.54, 1.807) is 0 Å². The van der Waals surface area contributed by atoms with Gasteiger partial charge in [0, 0.05) is 11.4 Å². The number of nitrogens with zero attached hydrogens (tertiary/aromatic N) is 1. The minimum Gasteiger partial charge on any atom is -0.300 e. The first-order valence-corrected chi connectivity index (χ1v) is 8.86. The maximum Gasteiger partial charge on any atom is 0.0192 e. The molecular weight excluding hydrogens is 298 g/mol. The van der Waals surface area contributed by atoms with Gasteiger partial charge in [-0.3, -0.25) is 4.90 Å². The molecular formula is C17H26BrN. The van der Waals surface area contributed by atoms with E-state index in [2.05, 4.69) is 51.2 Å². The minimum absolute atomic E-state index is 0.777. The first-order chi connectivity index (χ1) is 9.40. The molecule has 19 heavy (non-hydrogen) atoms. The Balaban J connectivity index is 1.69. The number of unbranched alkanes of at least 4 members (excludes halogenated alkanes) is 1. The number of hydrogen-bond donors (Lipinski definition) is 0. The second-order valence-corrected chi connectivity index (χ2v) is 6.28. The maximum absolute atomic E-state index is 3.69. The van der Waals surface area contributed by atoms with Gasteiger partial charge in [-0.2, -0.15) is 0 Å². The third-order valence-corrected chi connectivity index (χ3v) is 4.93. The lowest BCUT2D eigenvalue weighted by atomic mass is 10.1. The zero-order valence-corrected chi connectivity index (χ0v) is 13.4. The van der Waals surface area contributed by atoms with Crippen molar-refractivity contribution in [2.75, 3.05) is 18.4 Å². The number of aryl methyl sites for hydroxylation is 1. The predicted molar refractivity (Wildman–Crippen MR) is 87.0 cm³/mol. The molecule has 0 aromatic heterocycles. The van der Waals surface area contributed by atoms with Crippen LogP contribution in [0.4, 0.5) is 0 Å². The van der Waals surface area contributed by atoms with Crippen LogP contribution in [0.5, 0.6) is 0 Å². The first kappa shape index (κ1) is 15.1. The van der Waals surface area contributed by atoms with Gasteiger partial charge in [0.2, 0.25) is 0 Å². The van der Waals surface area contributed by atoms with E-state index >= 15 is 0 Å². The highest BCUT2D eigenvalue weighted by Gasteiger charge is 2.18. The van der Waals surface area contributed by atoms with E-state index in [-0.39, 0.29) is 0 Å². The summed E-state index contributed by atoms with van der Waals surface area (Å²) in [7, 11) is 0. The highest BCUT2D eigenvalue weighted by Crippen LogP contribution is 2.19. The molecule has 1 atom stereocenters. The van der Waals surface area contributed by atoms with Crippen LogP contribution in [0.3, 0.4) is 0 Å². The number of hydrogen-bond acceptors (Lipinski definition) is 1. The second-order valence-electron chi connectivity index (χ2n) is 5.64. The standard InChI is InChI=1S/C17H26BrN/c18-15-17-12-5-2-7-13-19(17)14-8-6-11-16-9-3-1-4-10-16/h1,3-4,9-10,17H,2,5-8,11-15H2. The van der Waals surface area contributed by atoms with Crippen molar-refractivity contribution in [3.63, 3.8) is 0 Å². The molecule has 0 saturated carbocycles. The normalized spacial score (nSPS) is 21.2. The average Bonchev–Trinajstić information content (AvgIpc) is 2.69.